The first-order chi connectivity index (χ1) is 39.3. The number of terminal acetylenes is 1. The van der Waals surface area contributed by atoms with Crippen LogP contribution in [-0.2, 0) is 40.0 Å². The van der Waals surface area contributed by atoms with Gasteiger partial charge in [-0.15, -0.1) is 6.42 Å². The first-order valence-electron chi connectivity index (χ1n) is 27.3. The number of fused-ring (bicyclic) bond motifs is 2. The number of hydrogen-bond donors (Lipinski definition) is 9. The van der Waals surface area contributed by atoms with E-state index in [0.717, 1.165) is 24.1 Å². The van der Waals surface area contributed by atoms with Crippen LogP contribution in [0, 0.1) is 17.8 Å². The van der Waals surface area contributed by atoms with Gasteiger partial charge in [-0.25, -0.2) is 0 Å². The molecule has 0 aliphatic carbocycles. The predicted octanol–water partition coefficient (Wildman–Crippen LogP) is 4.38. The lowest BCUT2D eigenvalue weighted by Gasteiger charge is -2.38. The Balaban J connectivity index is 0.000000445. The topological polar surface area (TPSA) is 337 Å². The minimum absolute atomic E-state index is 0.0463. The lowest BCUT2D eigenvalue weighted by Crippen LogP contribution is -2.61. The van der Waals surface area contributed by atoms with Crippen molar-refractivity contribution < 1.29 is 62.8 Å². The molecule has 83 heavy (non-hydrogen) atoms. The smallest absolute Gasteiger partial charge is 0.268 e. The molecule has 0 saturated carbocycles. The van der Waals surface area contributed by atoms with Crippen LogP contribution in [0.25, 0.3) is 10.9 Å². The molecule has 22 nitrogen and oxygen atoms in total. The number of nitrogens with one attached hydrogen (secondary N) is 4. The van der Waals surface area contributed by atoms with E-state index >= 15 is 0 Å². The third-order valence-electron chi connectivity index (χ3n) is 14.2. The number of halogens is 1. The first-order valence-corrected chi connectivity index (χ1v) is 28.9. The third-order valence-corrected chi connectivity index (χ3v) is 15.2. The second-order valence-electron chi connectivity index (χ2n) is 21.7. The Kier molecular flexibility index (Phi) is 26.8. The van der Waals surface area contributed by atoms with E-state index in [4.69, 9.17) is 39.0 Å². The normalized spacial score (nSPS) is 18.2. The van der Waals surface area contributed by atoms with Gasteiger partial charge in [0, 0.05) is 86.5 Å². The van der Waals surface area contributed by atoms with Crippen LogP contribution in [0.5, 0.6) is 5.75 Å². The molecule has 3 aromatic carbocycles. The van der Waals surface area contributed by atoms with Crippen LogP contribution in [0.15, 0.2) is 66.7 Å². The van der Waals surface area contributed by atoms with Gasteiger partial charge >= 0.3 is 0 Å². The number of aromatic amines is 1. The van der Waals surface area contributed by atoms with E-state index in [1.54, 1.807) is 23.1 Å². The highest BCUT2D eigenvalue weighted by atomic mass is 35.5. The fourth-order valence-corrected chi connectivity index (χ4v) is 10.3. The number of benzene rings is 3. The van der Waals surface area contributed by atoms with Gasteiger partial charge in [-0.3, -0.25) is 38.4 Å². The van der Waals surface area contributed by atoms with E-state index in [-0.39, 0.29) is 73.5 Å². The minimum atomic E-state index is -2.84. The summed E-state index contributed by atoms with van der Waals surface area (Å²) in [5.74, 6) is 0.0761. The largest absolute Gasteiger partial charge is 0.490 e. The van der Waals surface area contributed by atoms with Gasteiger partial charge in [0.25, 0.3) is 5.91 Å². The van der Waals surface area contributed by atoms with Gasteiger partial charge in [-0.05, 0) is 118 Å². The number of H-pyrrole nitrogens is 1. The average molecular weight is 1190 g/mol. The van der Waals surface area contributed by atoms with Crippen LogP contribution in [-0.4, -0.2) is 158 Å². The number of rotatable bonds is 19. The molecule has 450 valence electrons. The number of nitrogens with two attached hydrogens (primary N) is 2. The molecule has 0 bridgehead atoms. The van der Waals surface area contributed by atoms with Gasteiger partial charge in [0.05, 0.1) is 17.2 Å². The van der Waals surface area contributed by atoms with E-state index in [1.807, 2.05) is 26.0 Å². The van der Waals surface area contributed by atoms with Crippen LogP contribution in [0.4, 0.5) is 0 Å². The molecule has 3 saturated heterocycles. The fraction of sp³-hybridized carbons (Fsp3) is 0.475. The van der Waals surface area contributed by atoms with Crippen LogP contribution in [0.1, 0.15) is 136 Å². The van der Waals surface area contributed by atoms with Crippen LogP contribution >= 0.6 is 20.0 Å². The number of aliphatic hydroxyl groups excluding tert-OH is 1. The number of likely N-dealkylation sites (tertiary alicyclic amines) is 1. The van der Waals surface area contributed by atoms with Crippen molar-refractivity contribution in [1.82, 2.24) is 35.6 Å². The number of aliphatic hydroxyl groups is 1. The SMILES string of the molecule is C#Cc1ccc([C@H](C)NC)cc1.C=O.CC(=O)N1CC[C@H]2CCC(C(=O)NC(CCC(N)=O)COc3cccc(CCCC(N)=O)c3Cl)N2C(=O)C(NC(=O)c2cc3cc(C(=O)P(O)O)ccc3[nH]2)C1.CC(C)(C)CC(=O)N1CCC(O)C1. The van der Waals surface area contributed by atoms with Crippen molar-refractivity contribution in [2.75, 3.05) is 39.8 Å². The maximum Gasteiger partial charge on any atom is 0.268 e. The lowest BCUT2D eigenvalue weighted by atomic mass is 9.92. The second-order valence-corrected chi connectivity index (χ2v) is 23.1. The molecule has 0 spiro atoms. The zero-order chi connectivity index (χ0) is 61.7. The number of carbonyl (C=O) groups is 9. The molecule has 3 aliphatic heterocycles. The maximum atomic E-state index is 14.4. The lowest BCUT2D eigenvalue weighted by molar-refractivity contribution is -0.145. The molecule has 11 N–H and O–H groups in total. The Morgan fingerprint density at radius 2 is 1.60 bits per heavy atom. The summed E-state index contributed by atoms with van der Waals surface area (Å²) in [6.45, 7) is 12.9. The van der Waals surface area contributed by atoms with Crippen LogP contribution < -0.4 is 32.2 Å². The molecular weight excluding hydrogens is 1110 g/mol. The van der Waals surface area contributed by atoms with Gasteiger partial charge in [0.15, 0.2) is 0 Å². The monoisotopic (exact) mass is 1190 g/mol. The van der Waals surface area contributed by atoms with Crippen LogP contribution in [0.2, 0.25) is 5.02 Å². The zero-order valence-corrected chi connectivity index (χ0v) is 49.6. The van der Waals surface area contributed by atoms with Crippen molar-refractivity contribution in [3.05, 3.63) is 99.7 Å². The van der Waals surface area contributed by atoms with E-state index in [2.05, 4.69) is 66.7 Å². The summed E-state index contributed by atoms with van der Waals surface area (Å²) in [6, 6.07) is 16.1. The zero-order valence-electron chi connectivity index (χ0n) is 48.0. The molecule has 1 aromatic heterocycles. The number of carbonyl (C=O) groups excluding carboxylic acids is 9. The summed E-state index contributed by atoms with van der Waals surface area (Å²) in [7, 11) is -0.899. The van der Waals surface area contributed by atoms with Crippen LogP contribution in [0.3, 0.4) is 0 Å². The van der Waals surface area contributed by atoms with E-state index in [1.165, 1.54) is 46.6 Å². The molecule has 7 amide bonds. The second kappa shape index (κ2) is 32.6. The van der Waals surface area contributed by atoms with Crippen molar-refractivity contribution in [3.8, 4) is 18.1 Å². The molecule has 0 radical (unpaired) electrons. The van der Waals surface area contributed by atoms with Crippen molar-refractivity contribution in [2.45, 2.75) is 135 Å². The number of hydrogen-bond acceptors (Lipinski definition) is 14. The average Bonchev–Trinajstić information content (AvgIpc) is 4.44. The number of β-amino-alcohol motifs (C(OH)–C–C–N with tert-alkyl or cyclic N) is 1. The number of aryl methyl sites for hydroxylation is 1. The van der Waals surface area contributed by atoms with E-state index in [0.29, 0.717) is 72.8 Å². The standard InChI is InChI=1S/C37H45ClN7O10P.C11H13N.C10H19NO2.CH2O/c1-20(46)44-15-14-25-10-12-29(35(50)41-24(9-13-32(40)48)19-55-30-6-2-4-21(33(30)38)5-3-7-31(39)47)45(25)36(51)28(18-44)43-34(49)27-17-23-16-22(37(52)56(53)54)8-11-26(23)42-27;1-4-10-5-7-11(8-6-10)9(2)12-3;1-10(2,3)6-9(13)11-5-4-8(12)7-11;1-2/h2,4,6,8,11,16-17,24-25,28-29,42,53-54H,3,5,7,9-10,12-15,18-19H2,1H3,(H2,39,47)(H2,40,48)(H,41,50)(H,43,49);1,5-9,12H,2-3H3;8,12H,4-7H2,1-3H3;1H2/t24?,25-,28?,29?;9-;;/m10../s1. The van der Waals surface area contributed by atoms with Gasteiger partial charge in [0.2, 0.25) is 49.3 Å². The minimum Gasteiger partial charge on any atom is -0.490 e. The Bertz CT molecular complexity index is 2940. The molecule has 4 heterocycles. The van der Waals surface area contributed by atoms with E-state index < -0.39 is 67.6 Å². The Labute approximate surface area is 490 Å². The molecule has 3 fully saturated rings. The van der Waals surface area contributed by atoms with Gasteiger partial charge in [-0.2, -0.15) is 0 Å². The summed E-state index contributed by atoms with van der Waals surface area (Å²) in [5, 5.41) is 18.9. The number of aromatic nitrogens is 1. The number of amides is 7. The predicted molar refractivity (Wildman–Crippen MR) is 315 cm³/mol. The molecule has 24 heteroatoms. The Hall–Kier alpha value is -7.25. The Morgan fingerprint density at radius 1 is 0.928 bits per heavy atom. The fourth-order valence-electron chi connectivity index (χ4n) is 9.65. The molecule has 4 aromatic rings. The van der Waals surface area contributed by atoms with Crippen molar-refractivity contribution in [2.24, 2.45) is 16.9 Å². The molecular formula is C59H79ClN9O13P. The molecule has 6 atom stereocenters. The third kappa shape index (κ3) is 20.8. The summed E-state index contributed by atoms with van der Waals surface area (Å²) >= 11 is 6.60. The number of primary amides is 2. The van der Waals surface area contributed by atoms with Gasteiger partial charge < -0.3 is 71.5 Å². The summed E-state index contributed by atoms with van der Waals surface area (Å²) in [4.78, 5) is 136. The summed E-state index contributed by atoms with van der Waals surface area (Å²) < 4.78 is 6.02. The van der Waals surface area contributed by atoms with Crippen molar-refractivity contribution in [3.63, 3.8) is 0 Å². The molecule has 7 rings (SSSR count). The van der Waals surface area contributed by atoms with Gasteiger partial charge in [0.1, 0.15) is 36.9 Å². The summed E-state index contributed by atoms with van der Waals surface area (Å²) in [6.07, 6.45) is 8.67. The summed E-state index contributed by atoms with van der Waals surface area (Å²) in [5.41, 5.74) is 13.4. The van der Waals surface area contributed by atoms with Gasteiger partial charge in [-0.1, -0.05) is 62.6 Å². The number of nitrogens with zero attached hydrogens (tertiary/aromatic N) is 3. The quantitative estimate of drug-likeness (QED) is 0.0465. The maximum absolute atomic E-state index is 14.4. The Morgan fingerprint density at radius 3 is 2.19 bits per heavy atom. The highest BCUT2D eigenvalue weighted by Gasteiger charge is 2.46. The highest BCUT2D eigenvalue weighted by Crippen LogP contribution is 2.33. The highest BCUT2D eigenvalue weighted by molar-refractivity contribution is 7.65. The molecule has 4 unspecified atom stereocenters. The van der Waals surface area contributed by atoms with E-state index in [9.17, 15) is 53.2 Å². The first kappa shape index (κ1) is 68.3. The molecule has 3 aliphatic rings. The number of ether oxygens (including phenoxy) is 1. The van der Waals surface area contributed by atoms with Crippen molar-refractivity contribution >= 4 is 84.5 Å². The van der Waals surface area contributed by atoms with Crippen molar-refractivity contribution in [1.29, 1.82) is 0 Å².